The van der Waals surface area contributed by atoms with Crippen LogP contribution in [-0.2, 0) is 6.54 Å². The topological polar surface area (TPSA) is 29.3 Å². The summed E-state index contributed by atoms with van der Waals surface area (Å²) in [7, 11) is 2.25. The van der Waals surface area contributed by atoms with Gasteiger partial charge >= 0.3 is 0 Å². The van der Waals surface area contributed by atoms with Crippen LogP contribution in [0.3, 0.4) is 0 Å². The summed E-state index contributed by atoms with van der Waals surface area (Å²) >= 11 is 0. The smallest absolute Gasteiger partial charge is 0.0360 e. The molecule has 20 heavy (non-hydrogen) atoms. The van der Waals surface area contributed by atoms with Gasteiger partial charge in [0, 0.05) is 18.6 Å². The Morgan fingerprint density at radius 1 is 1.35 bits per heavy atom. The Bertz CT molecular complexity index is 443. The molecule has 112 valence electrons. The van der Waals surface area contributed by atoms with Crippen LogP contribution in [0.2, 0.25) is 0 Å². The maximum Gasteiger partial charge on any atom is 0.0360 e. The van der Waals surface area contributed by atoms with E-state index >= 15 is 0 Å². The average Bonchev–Trinajstić information content (AvgIpc) is 2.42. The molecule has 0 aliphatic heterocycles. The van der Waals surface area contributed by atoms with Gasteiger partial charge in [-0.2, -0.15) is 0 Å². The van der Waals surface area contributed by atoms with Gasteiger partial charge in [-0.1, -0.05) is 56.5 Å². The van der Waals surface area contributed by atoms with Gasteiger partial charge in [-0.15, -0.1) is 0 Å². The molecular weight excluding hydrogens is 244 g/mol. The summed E-state index contributed by atoms with van der Waals surface area (Å²) in [5.74, 6) is 1.43. The van der Waals surface area contributed by atoms with Crippen molar-refractivity contribution in [2.45, 2.75) is 52.1 Å². The van der Waals surface area contributed by atoms with E-state index in [0.717, 1.165) is 19.0 Å². The molecule has 2 rings (SSSR count). The van der Waals surface area contributed by atoms with E-state index in [1.165, 1.54) is 30.4 Å². The largest absolute Gasteiger partial charge is 0.329 e. The van der Waals surface area contributed by atoms with Crippen molar-refractivity contribution in [2.75, 3.05) is 13.6 Å². The zero-order valence-electron chi connectivity index (χ0n) is 13.5. The zero-order valence-corrected chi connectivity index (χ0v) is 13.5. The lowest BCUT2D eigenvalue weighted by molar-refractivity contribution is 0.00136. The van der Waals surface area contributed by atoms with Gasteiger partial charge in [0.15, 0.2) is 0 Å². The highest BCUT2D eigenvalue weighted by atomic mass is 15.2. The third-order valence-corrected chi connectivity index (χ3v) is 5.59. The van der Waals surface area contributed by atoms with Crippen LogP contribution in [0, 0.1) is 18.8 Å². The van der Waals surface area contributed by atoms with Crippen LogP contribution in [-0.4, -0.2) is 24.0 Å². The van der Waals surface area contributed by atoms with Crippen molar-refractivity contribution in [3.63, 3.8) is 0 Å². The molecule has 2 nitrogen and oxygen atoms in total. The lowest BCUT2D eigenvalue weighted by Gasteiger charge is -2.51. The van der Waals surface area contributed by atoms with Crippen molar-refractivity contribution in [3.8, 4) is 0 Å². The summed E-state index contributed by atoms with van der Waals surface area (Å²) in [4.78, 5) is 2.52. The first-order valence-corrected chi connectivity index (χ1v) is 7.96. The summed E-state index contributed by atoms with van der Waals surface area (Å²) in [5.41, 5.74) is 9.13. The number of aryl methyl sites for hydroxylation is 1. The first kappa shape index (κ1) is 15.5. The minimum atomic E-state index is 0.168. The van der Waals surface area contributed by atoms with Crippen molar-refractivity contribution in [1.29, 1.82) is 0 Å². The first-order chi connectivity index (χ1) is 9.49. The molecule has 3 atom stereocenters. The second-order valence-corrected chi connectivity index (χ2v) is 6.81. The van der Waals surface area contributed by atoms with Gasteiger partial charge in [0.1, 0.15) is 0 Å². The predicted molar refractivity (Wildman–Crippen MR) is 86.6 cm³/mol. The van der Waals surface area contributed by atoms with Gasteiger partial charge in [0.05, 0.1) is 0 Å². The van der Waals surface area contributed by atoms with Crippen LogP contribution in [0.15, 0.2) is 24.3 Å². The highest BCUT2D eigenvalue weighted by Gasteiger charge is 2.43. The summed E-state index contributed by atoms with van der Waals surface area (Å²) in [6, 6.07) is 8.83. The van der Waals surface area contributed by atoms with E-state index in [1.807, 2.05) is 0 Å². The van der Waals surface area contributed by atoms with Gasteiger partial charge in [0.25, 0.3) is 0 Å². The van der Waals surface area contributed by atoms with Crippen molar-refractivity contribution in [1.82, 2.24) is 4.90 Å². The molecule has 1 aliphatic rings. The molecule has 0 spiro atoms. The molecule has 2 N–H and O–H groups in total. The Morgan fingerprint density at radius 3 is 2.75 bits per heavy atom. The van der Waals surface area contributed by atoms with Crippen molar-refractivity contribution in [2.24, 2.45) is 17.6 Å². The van der Waals surface area contributed by atoms with E-state index in [2.05, 4.69) is 57.0 Å². The fourth-order valence-corrected chi connectivity index (χ4v) is 3.96. The van der Waals surface area contributed by atoms with Crippen LogP contribution in [0.4, 0.5) is 0 Å². The minimum Gasteiger partial charge on any atom is -0.329 e. The number of nitrogens with two attached hydrogens (primary N) is 1. The Labute approximate surface area is 124 Å². The first-order valence-electron chi connectivity index (χ1n) is 7.96. The van der Waals surface area contributed by atoms with E-state index in [1.54, 1.807) is 0 Å². The highest BCUT2D eigenvalue weighted by Crippen LogP contribution is 2.41. The Morgan fingerprint density at radius 2 is 2.10 bits per heavy atom. The Kier molecular flexibility index (Phi) is 4.87. The number of rotatable bonds is 4. The molecule has 3 unspecified atom stereocenters. The molecule has 1 aromatic carbocycles. The average molecular weight is 274 g/mol. The van der Waals surface area contributed by atoms with Crippen LogP contribution in [0.5, 0.6) is 0 Å². The fraction of sp³-hybridized carbons (Fsp3) is 0.667. The number of benzene rings is 1. The van der Waals surface area contributed by atoms with Gasteiger partial charge in [-0.3, -0.25) is 4.90 Å². The number of hydrogen-bond acceptors (Lipinski definition) is 2. The normalized spacial score (nSPS) is 30.7. The fourth-order valence-electron chi connectivity index (χ4n) is 3.96. The number of hydrogen-bond donors (Lipinski definition) is 1. The third-order valence-electron chi connectivity index (χ3n) is 5.59. The highest BCUT2D eigenvalue weighted by molar-refractivity contribution is 5.22. The van der Waals surface area contributed by atoms with Crippen molar-refractivity contribution < 1.29 is 0 Å². The molecule has 2 heteroatoms. The van der Waals surface area contributed by atoms with E-state index in [-0.39, 0.29) is 5.54 Å². The lowest BCUT2D eigenvalue weighted by atomic mass is 9.67. The monoisotopic (exact) mass is 274 g/mol. The van der Waals surface area contributed by atoms with Crippen molar-refractivity contribution in [3.05, 3.63) is 35.4 Å². The van der Waals surface area contributed by atoms with E-state index in [4.69, 9.17) is 5.73 Å². The molecule has 1 saturated carbocycles. The Hall–Kier alpha value is -0.860. The predicted octanol–water partition coefficient (Wildman–Crippen LogP) is 3.58. The molecule has 0 radical (unpaired) electrons. The van der Waals surface area contributed by atoms with E-state index in [0.29, 0.717) is 5.92 Å². The number of likely N-dealkylation sites (N-methyl/N-ethyl adjacent to an activating group) is 1. The van der Waals surface area contributed by atoms with Gasteiger partial charge in [-0.05, 0) is 37.8 Å². The van der Waals surface area contributed by atoms with Crippen LogP contribution in [0.25, 0.3) is 0 Å². The van der Waals surface area contributed by atoms with Crippen LogP contribution >= 0.6 is 0 Å². The molecule has 1 aromatic rings. The van der Waals surface area contributed by atoms with E-state index in [9.17, 15) is 0 Å². The van der Waals surface area contributed by atoms with Crippen LogP contribution in [0.1, 0.15) is 44.2 Å². The number of nitrogens with zero attached hydrogens (tertiary/aromatic N) is 1. The Balaban J connectivity index is 2.18. The third kappa shape index (κ3) is 2.91. The van der Waals surface area contributed by atoms with Crippen molar-refractivity contribution >= 4 is 0 Å². The van der Waals surface area contributed by atoms with Gasteiger partial charge in [-0.25, -0.2) is 0 Å². The zero-order chi connectivity index (χ0) is 14.8. The summed E-state index contributed by atoms with van der Waals surface area (Å²) in [6.45, 7) is 8.70. The molecule has 1 aliphatic carbocycles. The maximum atomic E-state index is 6.23. The lowest BCUT2D eigenvalue weighted by Crippen LogP contribution is -2.59. The summed E-state index contributed by atoms with van der Waals surface area (Å²) < 4.78 is 0. The van der Waals surface area contributed by atoms with Crippen LogP contribution < -0.4 is 5.73 Å². The molecule has 0 bridgehead atoms. The summed E-state index contributed by atoms with van der Waals surface area (Å²) in [6.07, 6.45) is 3.89. The van der Waals surface area contributed by atoms with E-state index < -0.39 is 0 Å². The second-order valence-electron chi connectivity index (χ2n) is 6.81. The quantitative estimate of drug-likeness (QED) is 0.909. The second kappa shape index (κ2) is 6.28. The molecule has 1 fully saturated rings. The minimum absolute atomic E-state index is 0.168. The molecule has 0 aromatic heterocycles. The molecule has 0 amide bonds. The molecule has 0 saturated heterocycles. The molecular formula is C18H30N2. The summed E-state index contributed by atoms with van der Waals surface area (Å²) in [5, 5.41) is 0. The molecule has 0 heterocycles. The standard InChI is InChI=1S/C18H30N2/c1-14-7-5-9-17(11-14)12-20(4)18(13-19)10-6-8-15(2)16(18)3/h5,7,9,11,15-16H,6,8,10,12-13,19H2,1-4H3. The van der Waals surface area contributed by atoms with Gasteiger partial charge in [0.2, 0.25) is 0 Å². The maximum absolute atomic E-state index is 6.23. The SMILES string of the molecule is Cc1cccc(CN(C)C2(CN)CCCC(C)C2C)c1. The van der Waals surface area contributed by atoms with Gasteiger partial charge < -0.3 is 5.73 Å².